The van der Waals surface area contributed by atoms with E-state index in [4.69, 9.17) is 16.7 Å². The van der Waals surface area contributed by atoms with Crippen molar-refractivity contribution in [2.24, 2.45) is 11.5 Å². The number of nitrogens with zero attached hydrogens (tertiary/aromatic N) is 4. The second-order valence-electron chi connectivity index (χ2n) is 8.68. The van der Waals surface area contributed by atoms with E-state index in [0.29, 0.717) is 11.1 Å². The van der Waals surface area contributed by atoms with Crippen molar-refractivity contribution < 1.29 is 22.8 Å². The third-order valence-corrected chi connectivity index (χ3v) is 5.83. The maximum Gasteiger partial charge on any atom is 0.433 e. The average Bonchev–Trinajstić information content (AvgIpc) is 3.22. The van der Waals surface area contributed by atoms with Gasteiger partial charge >= 0.3 is 6.18 Å². The predicted molar refractivity (Wildman–Crippen MR) is 129 cm³/mol. The molecule has 0 atom stereocenters. The van der Waals surface area contributed by atoms with Gasteiger partial charge in [0, 0.05) is 16.5 Å². The average molecular weight is 506 g/mol. The van der Waals surface area contributed by atoms with Crippen LogP contribution in [0.15, 0.2) is 48.5 Å². The molecular formula is C26H21F3N6O2. The van der Waals surface area contributed by atoms with Gasteiger partial charge in [-0.1, -0.05) is 44.2 Å². The molecule has 0 saturated heterocycles. The lowest BCUT2D eigenvalue weighted by Crippen LogP contribution is -2.22. The van der Waals surface area contributed by atoms with Crippen molar-refractivity contribution in [2.45, 2.75) is 32.5 Å². The van der Waals surface area contributed by atoms with Gasteiger partial charge in [-0.05, 0) is 29.7 Å². The molecule has 4 aromatic rings. The number of alkyl halides is 3. The number of fused-ring (bicyclic) bond motifs is 1. The number of carbonyl (C=O) groups is 2. The van der Waals surface area contributed by atoms with Crippen LogP contribution in [0.1, 0.15) is 63.1 Å². The van der Waals surface area contributed by atoms with Crippen LogP contribution in [0.25, 0.3) is 22.0 Å². The summed E-state index contributed by atoms with van der Waals surface area (Å²) in [5.41, 5.74) is 9.34. The number of aromatic nitrogens is 3. The molecule has 2 heterocycles. The standard InChI is InChI=1S/C26H21F3N6O2/c1-13(2)21-20(19-18(24(31)36)16-5-3-4-6-17(16)33-22(19)25(32)37)23(26(27,28)29)35(34-21)12-15-9-7-14(11-30)8-10-15/h3-10,13H,12H2,1-2H3,(H2,31,36)(H2,32,37). The van der Waals surface area contributed by atoms with Gasteiger partial charge < -0.3 is 11.5 Å². The molecule has 0 spiro atoms. The van der Waals surface area contributed by atoms with E-state index in [-0.39, 0.29) is 28.7 Å². The first kappa shape index (κ1) is 25.4. The molecule has 0 aliphatic carbocycles. The molecule has 8 nitrogen and oxygen atoms in total. The van der Waals surface area contributed by atoms with Crippen LogP contribution in [-0.4, -0.2) is 26.6 Å². The summed E-state index contributed by atoms with van der Waals surface area (Å²) in [6.07, 6.45) is -4.95. The maximum atomic E-state index is 14.7. The van der Waals surface area contributed by atoms with E-state index in [1.54, 1.807) is 26.0 Å². The summed E-state index contributed by atoms with van der Waals surface area (Å²) in [7, 11) is 0. The van der Waals surface area contributed by atoms with Crippen molar-refractivity contribution in [1.82, 2.24) is 14.8 Å². The lowest BCUT2D eigenvalue weighted by atomic mass is 9.89. The summed E-state index contributed by atoms with van der Waals surface area (Å²) in [4.78, 5) is 29.4. The Kier molecular flexibility index (Phi) is 6.44. The molecule has 0 radical (unpaired) electrons. The van der Waals surface area contributed by atoms with Gasteiger partial charge in [0.1, 0.15) is 5.69 Å². The van der Waals surface area contributed by atoms with E-state index in [2.05, 4.69) is 10.1 Å². The first-order valence-electron chi connectivity index (χ1n) is 11.1. The zero-order valence-electron chi connectivity index (χ0n) is 19.8. The molecule has 37 heavy (non-hydrogen) atoms. The second-order valence-corrected chi connectivity index (χ2v) is 8.68. The number of pyridine rings is 1. The number of benzene rings is 2. The SMILES string of the molecule is CC(C)c1nn(Cc2ccc(C#N)cc2)c(C(F)(F)F)c1-c1c(C(N)=O)nc2ccccc2c1C(N)=O. The molecule has 11 heteroatoms. The number of amides is 2. The van der Waals surface area contributed by atoms with Crippen LogP contribution in [0, 0.1) is 11.3 Å². The monoisotopic (exact) mass is 506 g/mol. The van der Waals surface area contributed by atoms with Gasteiger partial charge in [-0.3, -0.25) is 14.3 Å². The minimum atomic E-state index is -4.95. The molecule has 0 unspecified atom stereocenters. The first-order chi connectivity index (χ1) is 17.4. The quantitative estimate of drug-likeness (QED) is 0.400. The number of carbonyl (C=O) groups excluding carboxylic acids is 2. The summed E-state index contributed by atoms with van der Waals surface area (Å²) in [5.74, 6) is -2.71. The Morgan fingerprint density at radius 3 is 2.22 bits per heavy atom. The number of para-hydroxylation sites is 1. The summed E-state index contributed by atoms with van der Waals surface area (Å²) < 4.78 is 44.9. The second kappa shape index (κ2) is 9.39. The van der Waals surface area contributed by atoms with Crippen molar-refractivity contribution >= 4 is 22.7 Å². The van der Waals surface area contributed by atoms with Gasteiger partial charge in [0.15, 0.2) is 5.69 Å². The third kappa shape index (κ3) is 4.61. The molecule has 2 amide bonds. The van der Waals surface area contributed by atoms with Gasteiger partial charge in [0.05, 0.1) is 35.0 Å². The Hall–Kier alpha value is -4.72. The molecule has 2 aromatic carbocycles. The van der Waals surface area contributed by atoms with Crippen LogP contribution in [0.4, 0.5) is 13.2 Å². The van der Waals surface area contributed by atoms with Crippen LogP contribution in [0.3, 0.4) is 0 Å². The maximum absolute atomic E-state index is 14.7. The Balaban J connectivity index is 2.14. The Bertz CT molecular complexity index is 1580. The fourth-order valence-electron chi connectivity index (χ4n) is 4.28. The van der Waals surface area contributed by atoms with Gasteiger partial charge in [-0.25, -0.2) is 4.98 Å². The molecule has 0 aliphatic heterocycles. The first-order valence-corrected chi connectivity index (χ1v) is 11.1. The lowest BCUT2D eigenvalue weighted by molar-refractivity contribution is -0.143. The minimum absolute atomic E-state index is 0.0111. The minimum Gasteiger partial charge on any atom is -0.366 e. The van der Waals surface area contributed by atoms with Crippen LogP contribution in [0.5, 0.6) is 0 Å². The molecular weight excluding hydrogens is 485 g/mol. The molecule has 0 fully saturated rings. The third-order valence-electron chi connectivity index (χ3n) is 5.83. The van der Waals surface area contributed by atoms with E-state index in [1.165, 1.54) is 36.4 Å². The van der Waals surface area contributed by atoms with Gasteiger partial charge in [0.2, 0.25) is 5.91 Å². The molecule has 0 bridgehead atoms. The Morgan fingerprint density at radius 1 is 1.03 bits per heavy atom. The van der Waals surface area contributed by atoms with Crippen LogP contribution in [0.2, 0.25) is 0 Å². The van der Waals surface area contributed by atoms with Gasteiger partial charge in [-0.15, -0.1) is 0 Å². The normalized spacial score (nSPS) is 11.6. The Morgan fingerprint density at radius 2 is 1.68 bits per heavy atom. The summed E-state index contributed by atoms with van der Waals surface area (Å²) in [6, 6.07) is 14.1. The van der Waals surface area contributed by atoms with Crippen molar-refractivity contribution in [2.75, 3.05) is 0 Å². The van der Waals surface area contributed by atoms with Crippen molar-refractivity contribution in [3.8, 4) is 17.2 Å². The molecule has 0 saturated carbocycles. The number of halogens is 3. The summed E-state index contributed by atoms with van der Waals surface area (Å²) in [6.45, 7) is 2.99. The smallest absolute Gasteiger partial charge is 0.366 e. The van der Waals surface area contributed by atoms with Crippen LogP contribution >= 0.6 is 0 Å². The highest BCUT2D eigenvalue weighted by atomic mass is 19.4. The van der Waals surface area contributed by atoms with Gasteiger partial charge in [-0.2, -0.15) is 23.5 Å². The molecule has 2 aromatic heterocycles. The number of rotatable bonds is 6. The lowest BCUT2D eigenvalue weighted by Gasteiger charge is -2.18. The van der Waals surface area contributed by atoms with E-state index in [0.717, 1.165) is 4.68 Å². The van der Waals surface area contributed by atoms with Crippen LogP contribution in [-0.2, 0) is 12.7 Å². The zero-order valence-corrected chi connectivity index (χ0v) is 19.8. The number of nitriles is 1. The number of hydrogen-bond acceptors (Lipinski definition) is 5. The predicted octanol–water partition coefficient (Wildman–Crippen LogP) is 4.36. The summed E-state index contributed by atoms with van der Waals surface area (Å²) >= 11 is 0. The fourth-order valence-corrected chi connectivity index (χ4v) is 4.28. The van der Waals surface area contributed by atoms with Crippen molar-refractivity contribution in [3.05, 3.63) is 82.3 Å². The van der Waals surface area contributed by atoms with Gasteiger partial charge in [0.25, 0.3) is 5.91 Å². The highest BCUT2D eigenvalue weighted by Gasteiger charge is 2.43. The summed E-state index contributed by atoms with van der Waals surface area (Å²) in [5, 5.41) is 13.5. The highest BCUT2D eigenvalue weighted by molar-refractivity contribution is 6.15. The van der Waals surface area contributed by atoms with E-state index in [9.17, 15) is 22.8 Å². The van der Waals surface area contributed by atoms with E-state index in [1.807, 2.05) is 6.07 Å². The molecule has 0 aliphatic rings. The highest BCUT2D eigenvalue weighted by Crippen LogP contribution is 2.44. The van der Waals surface area contributed by atoms with Crippen LogP contribution < -0.4 is 11.5 Å². The molecule has 188 valence electrons. The van der Waals surface area contributed by atoms with E-state index < -0.39 is 46.4 Å². The van der Waals surface area contributed by atoms with Crippen molar-refractivity contribution in [3.63, 3.8) is 0 Å². The number of primary amides is 2. The fraction of sp³-hybridized carbons (Fsp3) is 0.192. The van der Waals surface area contributed by atoms with E-state index >= 15 is 0 Å². The van der Waals surface area contributed by atoms with Crippen molar-refractivity contribution in [1.29, 1.82) is 5.26 Å². The Labute approximate surface area is 209 Å². The zero-order chi connectivity index (χ0) is 27.1. The number of hydrogen-bond donors (Lipinski definition) is 2. The topological polar surface area (TPSA) is 141 Å². The molecule has 4 rings (SSSR count). The molecule has 4 N–H and O–H groups in total. The number of nitrogens with two attached hydrogens (primary N) is 2. The largest absolute Gasteiger partial charge is 0.433 e.